The first kappa shape index (κ1) is 14.4. The van der Waals surface area contributed by atoms with Gasteiger partial charge in [0.1, 0.15) is 0 Å². The van der Waals surface area contributed by atoms with E-state index < -0.39 is 0 Å². The molecule has 2 N–H and O–H groups in total. The molecule has 0 amide bonds. The van der Waals surface area contributed by atoms with Crippen LogP contribution in [-0.4, -0.2) is 6.04 Å². The van der Waals surface area contributed by atoms with Gasteiger partial charge in [-0.1, -0.05) is 50.5 Å². The molecule has 0 aliphatic rings. The Balaban J connectivity index is 3.78. The van der Waals surface area contributed by atoms with Crippen LogP contribution in [0.5, 0.6) is 0 Å². The standard InChI is InChI=1S/C14H27N/c1-4-6-7-8-9-10-11-14(5-2)12-13(3)15/h9-11,13H,4-8,12,15H2,1-3H3/b10-9-,14-11+. The normalized spacial score (nSPS) is 14.8. The van der Waals surface area contributed by atoms with Gasteiger partial charge >= 0.3 is 0 Å². The summed E-state index contributed by atoms with van der Waals surface area (Å²) < 4.78 is 0. The Morgan fingerprint density at radius 1 is 1.27 bits per heavy atom. The Morgan fingerprint density at radius 2 is 2.00 bits per heavy atom. The van der Waals surface area contributed by atoms with Crippen LogP contribution >= 0.6 is 0 Å². The predicted molar refractivity (Wildman–Crippen MR) is 69.9 cm³/mol. The van der Waals surface area contributed by atoms with Crippen LogP contribution in [-0.2, 0) is 0 Å². The van der Waals surface area contributed by atoms with Gasteiger partial charge in [-0.25, -0.2) is 0 Å². The molecular weight excluding hydrogens is 182 g/mol. The van der Waals surface area contributed by atoms with Crippen molar-refractivity contribution in [3.8, 4) is 0 Å². The summed E-state index contributed by atoms with van der Waals surface area (Å²) in [7, 11) is 0. The summed E-state index contributed by atoms with van der Waals surface area (Å²) >= 11 is 0. The lowest BCUT2D eigenvalue weighted by molar-refractivity contribution is 0.714. The first-order chi connectivity index (χ1) is 7.20. The van der Waals surface area contributed by atoms with Gasteiger partial charge in [0.2, 0.25) is 0 Å². The largest absolute Gasteiger partial charge is 0.328 e. The van der Waals surface area contributed by atoms with Gasteiger partial charge in [0.25, 0.3) is 0 Å². The maximum absolute atomic E-state index is 5.77. The summed E-state index contributed by atoms with van der Waals surface area (Å²) in [5, 5.41) is 0. The maximum Gasteiger partial charge on any atom is 0.00477 e. The van der Waals surface area contributed by atoms with Crippen molar-refractivity contribution in [2.45, 2.75) is 65.3 Å². The highest BCUT2D eigenvalue weighted by atomic mass is 14.6. The zero-order valence-electron chi connectivity index (χ0n) is 10.6. The number of unbranched alkanes of at least 4 members (excludes halogenated alkanes) is 3. The summed E-state index contributed by atoms with van der Waals surface area (Å²) in [6.45, 7) is 6.50. The SMILES string of the molecule is CCCCC/C=C\C=C(/CC)CC(C)N. The lowest BCUT2D eigenvalue weighted by Gasteiger charge is -2.06. The summed E-state index contributed by atoms with van der Waals surface area (Å²) in [5.74, 6) is 0. The van der Waals surface area contributed by atoms with Crippen molar-refractivity contribution in [1.82, 2.24) is 0 Å². The first-order valence-electron chi connectivity index (χ1n) is 6.30. The van der Waals surface area contributed by atoms with Crippen LogP contribution in [0.15, 0.2) is 23.8 Å². The van der Waals surface area contributed by atoms with Crippen LogP contribution < -0.4 is 5.73 Å². The second-order valence-corrected chi connectivity index (χ2v) is 4.28. The van der Waals surface area contributed by atoms with E-state index in [2.05, 4.69) is 39.0 Å². The van der Waals surface area contributed by atoms with Crippen LogP contribution in [0.4, 0.5) is 0 Å². The fourth-order valence-electron chi connectivity index (χ4n) is 1.56. The Hall–Kier alpha value is -0.560. The highest BCUT2D eigenvalue weighted by Crippen LogP contribution is 2.09. The zero-order chi connectivity index (χ0) is 11.5. The second kappa shape index (κ2) is 9.97. The molecule has 1 unspecified atom stereocenters. The van der Waals surface area contributed by atoms with E-state index in [0.717, 1.165) is 12.8 Å². The first-order valence-corrected chi connectivity index (χ1v) is 6.30. The van der Waals surface area contributed by atoms with Crippen molar-refractivity contribution in [3.63, 3.8) is 0 Å². The van der Waals surface area contributed by atoms with Gasteiger partial charge in [0.15, 0.2) is 0 Å². The number of hydrogen-bond donors (Lipinski definition) is 1. The molecule has 0 aliphatic carbocycles. The minimum Gasteiger partial charge on any atom is -0.328 e. The Morgan fingerprint density at radius 3 is 2.53 bits per heavy atom. The number of rotatable bonds is 8. The van der Waals surface area contributed by atoms with Crippen LogP contribution in [0.3, 0.4) is 0 Å². The second-order valence-electron chi connectivity index (χ2n) is 4.28. The minimum absolute atomic E-state index is 0.282. The van der Waals surface area contributed by atoms with E-state index in [0.29, 0.717) is 0 Å². The molecule has 0 aromatic rings. The highest BCUT2D eigenvalue weighted by molar-refractivity contribution is 5.13. The van der Waals surface area contributed by atoms with E-state index in [1.54, 1.807) is 0 Å². The average Bonchev–Trinajstić information content (AvgIpc) is 2.20. The Labute approximate surface area is 95.4 Å². The van der Waals surface area contributed by atoms with Crippen LogP contribution in [0.25, 0.3) is 0 Å². The maximum atomic E-state index is 5.77. The highest BCUT2D eigenvalue weighted by Gasteiger charge is 1.97. The van der Waals surface area contributed by atoms with Gasteiger partial charge < -0.3 is 5.73 Å². The number of nitrogens with two attached hydrogens (primary N) is 1. The third-order valence-electron chi connectivity index (χ3n) is 2.48. The van der Waals surface area contributed by atoms with E-state index in [-0.39, 0.29) is 6.04 Å². The molecule has 0 saturated heterocycles. The van der Waals surface area contributed by atoms with Crippen molar-refractivity contribution >= 4 is 0 Å². The molecule has 0 aliphatic heterocycles. The molecule has 0 aromatic carbocycles. The van der Waals surface area contributed by atoms with Gasteiger partial charge in [-0.05, 0) is 32.6 Å². The molecule has 0 rings (SSSR count). The van der Waals surface area contributed by atoms with Crippen molar-refractivity contribution in [2.75, 3.05) is 0 Å². The predicted octanol–water partition coefficient (Wildman–Crippen LogP) is 4.20. The van der Waals surface area contributed by atoms with Crippen molar-refractivity contribution < 1.29 is 0 Å². The van der Waals surface area contributed by atoms with Gasteiger partial charge in [0.05, 0.1) is 0 Å². The summed E-state index contributed by atoms with van der Waals surface area (Å²) in [6.07, 6.45) is 14.0. The molecule has 0 spiro atoms. The van der Waals surface area contributed by atoms with E-state index >= 15 is 0 Å². The number of allylic oxidation sites excluding steroid dienone is 3. The van der Waals surface area contributed by atoms with Crippen molar-refractivity contribution in [2.24, 2.45) is 5.73 Å². The quantitative estimate of drug-likeness (QED) is 0.470. The van der Waals surface area contributed by atoms with Gasteiger partial charge in [0, 0.05) is 6.04 Å². The summed E-state index contributed by atoms with van der Waals surface area (Å²) in [6, 6.07) is 0.282. The van der Waals surface area contributed by atoms with Crippen LogP contribution in [0, 0.1) is 0 Å². The lowest BCUT2D eigenvalue weighted by atomic mass is 10.1. The molecule has 0 heterocycles. The zero-order valence-corrected chi connectivity index (χ0v) is 10.6. The molecule has 0 bridgehead atoms. The van der Waals surface area contributed by atoms with Crippen LogP contribution in [0.1, 0.15) is 59.3 Å². The summed E-state index contributed by atoms with van der Waals surface area (Å²) in [5.41, 5.74) is 7.23. The van der Waals surface area contributed by atoms with Gasteiger partial charge in [-0.3, -0.25) is 0 Å². The Bertz CT molecular complexity index is 190. The van der Waals surface area contributed by atoms with Gasteiger partial charge in [-0.15, -0.1) is 0 Å². The number of hydrogen-bond acceptors (Lipinski definition) is 1. The fraction of sp³-hybridized carbons (Fsp3) is 0.714. The molecule has 0 fully saturated rings. The molecule has 0 aromatic heterocycles. The van der Waals surface area contributed by atoms with Crippen LogP contribution in [0.2, 0.25) is 0 Å². The van der Waals surface area contributed by atoms with E-state index in [1.807, 2.05) is 0 Å². The minimum atomic E-state index is 0.282. The smallest absolute Gasteiger partial charge is 0.00477 e. The topological polar surface area (TPSA) is 26.0 Å². The third-order valence-corrected chi connectivity index (χ3v) is 2.48. The molecule has 0 saturated carbocycles. The third kappa shape index (κ3) is 9.74. The van der Waals surface area contributed by atoms with Crippen molar-refractivity contribution in [1.29, 1.82) is 0 Å². The molecule has 88 valence electrons. The van der Waals surface area contributed by atoms with Crippen molar-refractivity contribution in [3.05, 3.63) is 23.8 Å². The molecular formula is C14H27N. The van der Waals surface area contributed by atoms with E-state index in [9.17, 15) is 0 Å². The molecule has 1 heteroatoms. The Kier molecular flexibility index (Phi) is 9.60. The lowest BCUT2D eigenvalue weighted by Crippen LogP contribution is -2.15. The van der Waals surface area contributed by atoms with Gasteiger partial charge in [-0.2, -0.15) is 0 Å². The monoisotopic (exact) mass is 209 g/mol. The van der Waals surface area contributed by atoms with E-state index in [4.69, 9.17) is 5.73 Å². The average molecular weight is 209 g/mol. The van der Waals surface area contributed by atoms with E-state index in [1.165, 1.54) is 31.3 Å². The molecule has 1 nitrogen and oxygen atoms in total. The molecule has 1 atom stereocenters. The molecule has 0 radical (unpaired) electrons. The fourth-order valence-corrected chi connectivity index (χ4v) is 1.56. The molecule has 15 heavy (non-hydrogen) atoms. The summed E-state index contributed by atoms with van der Waals surface area (Å²) in [4.78, 5) is 0.